The average molecular weight is 278 g/mol. The molecule has 0 radical (unpaired) electrons. The summed E-state index contributed by atoms with van der Waals surface area (Å²) in [4.78, 5) is 11.6. The molecular formula is C10H12ClNO4S. The van der Waals surface area contributed by atoms with Crippen LogP contribution in [0.5, 0.6) is 0 Å². The van der Waals surface area contributed by atoms with Crippen LogP contribution in [-0.4, -0.2) is 27.4 Å². The predicted molar refractivity (Wildman–Crippen MR) is 65.8 cm³/mol. The molecule has 0 unspecified atom stereocenters. The molecule has 0 fully saturated rings. The molecule has 0 aromatic heterocycles. The molecule has 0 aliphatic carbocycles. The van der Waals surface area contributed by atoms with Crippen LogP contribution < -0.4 is 4.31 Å². The fraction of sp³-hybridized carbons (Fsp3) is 0.300. The van der Waals surface area contributed by atoms with Crippen LogP contribution in [0.25, 0.3) is 0 Å². The van der Waals surface area contributed by atoms with Gasteiger partial charge in [-0.2, -0.15) is 4.31 Å². The molecule has 1 aromatic rings. The molecule has 0 saturated heterocycles. The third-order valence-electron chi connectivity index (χ3n) is 1.83. The van der Waals surface area contributed by atoms with Gasteiger partial charge in [0.25, 0.3) is 0 Å². The number of benzene rings is 1. The maximum absolute atomic E-state index is 11.6. The van der Waals surface area contributed by atoms with Crippen LogP contribution in [0.15, 0.2) is 24.3 Å². The van der Waals surface area contributed by atoms with Gasteiger partial charge in [-0.1, -0.05) is 11.6 Å². The molecular weight excluding hydrogens is 266 g/mol. The lowest BCUT2D eigenvalue weighted by Crippen LogP contribution is -2.36. The van der Waals surface area contributed by atoms with E-state index in [1.165, 1.54) is 24.3 Å². The summed E-state index contributed by atoms with van der Waals surface area (Å²) in [6.45, 7) is 1.69. The van der Waals surface area contributed by atoms with Crippen molar-refractivity contribution in [1.29, 1.82) is 0 Å². The van der Waals surface area contributed by atoms with E-state index in [9.17, 15) is 13.2 Å². The number of hydrogen-bond donors (Lipinski definition) is 0. The van der Waals surface area contributed by atoms with E-state index in [1.807, 2.05) is 0 Å². The van der Waals surface area contributed by atoms with E-state index < -0.39 is 16.1 Å². The van der Waals surface area contributed by atoms with Gasteiger partial charge >= 0.3 is 6.09 Å². The molecule has 94 valence electrons. The zero-order chi connectivity index (χ0) is 13.1. The van der Waals surface area contributed by atoms with Gasteiger partial charge in [-0.05, 0) is 31.2 Å². The number of nitrogens with zero attached hydrogens (tertiary/aromatic N) is 1. The van der Waals surface area contributed by atoms with Gasteiger partial charge in [0.1, 0.15) is 0 Å². The first-order chi connectivity index (χ1) is 7.86. The normalized spacial score (nSPS) is 11.0. The van der Waals surface area contributed by atoms with Crippen LogP contribution in [0.4, 0.5) is 10.5 Å². The van der Waals surface area contributed by atoms with Crippen molar-refractivity contribution in [3.05, 3.63) is 29.3 Å². The minimum Gasteiger partial charge on any atom is -0.449 e. The second-order valence-corrected chi connectivity index (χ2v) is 5.47. The Morgan fingerprint density at radius 2 is 1.88 bits per heavy atom. The molecule has 0 saturated carbocycles. The maximum atomic E-state index is 11.6. The SMILES string of the molecule is CCOC(=O)N(c1ccc(Cl)cc1)S(C)(=O)=O. The monoisotopic (exact) mass is 277 g/mol. The number of carbonyl (C=O) groups is 1. The Labute approximate surface area is 105 Å². The Kier molecular flexibility index (Phi) is 4.36. The van der Waals surface area contributed by atoms with Crippen molar-refractivity contribution in [2.75, 3.05) is 17.2 Å². The maximum Gasteiger partial charge on any atom is 0.428 e. The minimum atomic E-state index is -3.74. The molecule has 1 amide bonds. The third kappa shape index (κ3) is 3.61. The fourth-order valence-corrected chi connectivity index (χ4v) is 2.15. The number of rotatable bonds is 3. The number of ether oxygens (including phenoxy) is 1. The molecule has 0 aliphatic heterocycles. The number of anilines is 1. The lowest BCUT2D eigenvalue weighted by molar-refractivity contribution is 0.164. The molecule has 0 aliphatic rings. The van der Waals surface area contributed by atoms with Crippen molar-refractivity contribution in [3.8, 4) is 0 Å². The van der Waals surface area contributed by atoms with Gasteiger partial charge in [0.05, 0.1) is 18.6 Å². The highest BCUT2D eigenvalue weighted by Gasteiger charge is 2.26. The average Bonchev–Trinajstić information content (AvgIpc) is 2.19. The summed E-state index contributed by atoms with van der Waals surface area (Å²) in [7, 11) is -3.74. The third-order valence-corrected chi connectivity index (χ3v) is 3.10. The Balaban J connectivity index is 3.16. The first-order valence-electron chi connectivity index (χ1n) is 4.79. The van der Waals surface area contributed by atoms with Crippen LogP contribution in [-0.2, 0) is 14.8 Å². The standard InChI is InChI=1S/C10H12ClNO4S/c1-3-16-10(13)12(17(2,14)15)9-6-4-8(11)5-7-9/h4-7H,3H2,1-2H3. The van der Waals surface area contributed by atoms with E-state index in [1.54, 1.807) is 6.92 Å². The van der Waals surface area contributed by atoms with E-state index in [4.69, 9.17) is 16.3 Å². The zero-order valence-corrected chi connectivity index (χ0v) is 11.0. The summed E-state index contributed by atoms with van der Waals surface area (Å²) in [6, 6.07) is 5.85. The Morgan fingerprint density at radius 1 is 1.35 bits per heavy atom. The number of halogens is 1. The second kappa shape index (κ2) is 5.37. The molecule has 0 spiro atoms. The van der Waals surface area contributed by atoms with Gasteiger partial charge in [0.2, 0.25) is 10.0 Å². The highest BCUT2D eigenvalue weighted by molar-refractivity contribution is 7.92. The topological polar surface area (TPSA) is 63.7 Å². The van der Waals surface area contributed by atoms with Crippen molar-refractivity contribution in [2.24, 2.45) is 0 Å². The van der Waals surface area contributed by atoms with Crippen molar-refractivity contribution in [1.82, 2.24) is 0 Å². The summed E-state index contributed by atoms with van der Waals surface area (Å²) in [6.07, 6.45) is -0.00394. The molecule has 0 N–H and O–H groups in total. The lowest BCUT2D eigenvalue weighted by atomic mass is 10.3. The lowest BCUT2D eigenvalue weighted by Gasteiger charge is -2.19. The van der Waals surface area contributed by atoms with Crippen molar-refractivity contribution in [2.45, 2.75) is 6.92 Å². The van der Waals surface area contributed by atoms with Gasteiger partial charge < -0.3 is 4.74 Å². The molecule has 0 heterocycles. The van der Waals surface area contributed by atoms with E-state index in [0.29, 0.717) is 9.33 Å². The Morgan fingerprint density at radius 3 is 2.29 bits per heavy atom. The molecule has 5 nitrogen and oxygen atoms in total. The largest absolute Gasteiger partial charge is 0.449 e. The molecule has 0 atom stereocenters. The van der Waals surface area contributed by atoms with Gasteiger partial charge in [-0.15, -0.1) is 0 Å². The summed E-state index contributed by atoms with van der Waals surface area (Å²) >= 11 is 5.69. The van der Waals surface area contributed by atoms with E-state index in [2.05, 4.69) is 0 Å². The number of sulfonamides is 1. The smallest absolute Gasteiger partial charge is 0.428 e. The van der Waals surface area contributed by atoms with Crippen LogP contribution in [0, 0.1) is 0 Å². The van der Waals surface area contributed by atoms with Crippen LogP contribution in [0.2, 0.25) is 5.02 Å². The number of hydrogen-bond acceptors (Lipinski definition) is 4. The quantitative estimate of drug-likeness (QED) is 0.850. The van der Waals surface area contributed by atoms with Crippen LogP contribution >= 0.6 is 11.6 Å². The van der Waals surface area contributed by atoms with Crippen molar-refractivity contribution < 1.29 is 17.9 Å². The van der Waals surface area contributed by atoms with Gasteiger partial charge in [-0.3, -0.25) is 0 Å². The van der Waals surface area contributed by atoms with E-state index >= 15 is 0 Å². The number of amides is 1. The van der Waals surface area contributed by atoms with Crippen molar-refractivity contribution in [3.63, 3.8) is 0 Å². The van der Waals surface area contributed by atoms with Gasteiger partial charge in [0, 0.05) is 5.02 Å². The first kappa shape index (κ1) is 13.8. The Hall–Kier alpha value is -1.27. The van der Waals surface area contributed by atoms with Crippen LogP contribution in [0.3, 0.4) is 0 Å². The highest BCUT2D eigenvalue weighted by Crippen LogP contribution is 2.21. The van der Waals surface area contributed by atoms with Crippen molar-refractivity contribution >= 4 is 33.4 Å². The van der Waals surface area contributed by atoms with Gasteiger partial charge in [0.15, 0.2) is 0 Å². The second-order valence-electron chi connectivity index (χ2n) is 3.20. The van der Waals surface area contributed by atoms with E-state index in [0.717, 1.165) is 6.26 Å². The van der Waals surface area contributed by atoms with Crippen LogP contribution in [0.1, 0.15) is 6.92 Å². The molecule has 7 heteroatoms. The van der Waals surface area contributed by atoms with E-state index in [-0.39, 0.29) is 12.3 Å². The predicted octanol–water partition coefficient (Wildman–Crippen LogP) is 2.26. The molecule has 1 aromatic carbocycles. The van der Waals surface area contributed by atoms with Gasteiger partial charge in [-0.25, -0.2) is 13.2 Å². The summed E-state index contributed by atoms with van der Waals surface area (Å²) in [5.74, 6) is 0. The summed E-state index contributed by atoms with van der Waals surface area (Å²) in [5.41, 5.74) is 0.190. The number of carbonyl (C=O) groups excluding carboxylic acids is 1. The Bertz CT molecular complexity index is 498. The fourth-order valence-electron chi connectivity index (χ4n) is 1.19. The summed E-state index contributed by atoms with van der Waals surface area (Å²) < 4.78 is 28.3. The molecule has 1 rings (SSSR count). The molecule has 0 bridgehead atoms. The minimum absolute atomic E-state index is 0.0957. The molecule has 17 heavy (non-hydrogen) atoms. The highest BCUT2D eigenvalue weighted by atomic mass is 35.5. The zero-order valence-electron chi connectivity index (χ0n) is 9.38. The first-order valence-corrected chi connectivity index (χ1v) is 7.01. The summed E-state index contributed by atoms with van der Waals surface area (Å²) in [5, 5.41) is 0.450.